The molecule has 0 bridgehead atoms. The number of ether oxygens (including phenoxy) is 1. The molecule has 3 aromatic rings. The van der Waals surface area contributed by atoms with Crippen molar-refractivity contribution in [2.24, 2.45) is 0 Å². The molecule has 4 rings (SSSR count). The molecule has 2 aromatic carbocycles. The standard InChI is InChI=1S/C25H25N5O2/c1-4-17-7-5-8-18(13-17)28-25-20-14-22(23(32-3)15-21(20)26-16-27-25)29-24(31)9-6-12-30(2)19-10-11-19/h1,5-9,13-16,19H,10-12H2,2-3H3,(H,29,31)(H,26,27,28)/b9-6+. The SMILES string of the molecule is C#Cc1cccc(Nc2ncnc3cc(OC)c(NC(=O)/C=C/CN(C)C4CC4)cc23)c1. The van der Waals surface area contributed by atoms with E-state index < -0.39 is 0 Å². The molecule has 1 aromatic heterocycles. The Kier molecular flexibility index (Phi) is 6.34. The van der Waals surface area contributed by atoms with Crippen molar-refractivity contribution < 1.29 is 9.53 Å². The monoisotopic (exact) mass is 427 g/mol. The average Bonchev–Trinajstić information content (AvgIpc) is 3.65. The molecule has 162 valence electrons. The topological polar surface area (TPSA) is 79.4 Å². The van der Waals surface area contributed by atoms with Crippen LogP contribution in [0.3, 0.4) is 0 Å². The molecule has 0 unspecified atom stereocenters. The Labute approximate surface area is 187 Å². The van der Waals surface area contributed by atoms with Crippen molar-refractivity contribution in [1.82, 2.24) is 14.9 Å². The molecule has 0 aliphatic heterocycles. The number of terminal acetylenes is 1. The molecule has 1 saturated carbocycles. The fourth-order valence-corrected chi connectivity index (χ4v) is 3.44. The minimum Gasteiger partial charge on any atom is -0.494 e. The number of carbonyl (C=O) groups excluding carboxylic acids is 1. The maximum Gasteiger partial charge on any atom is 0.248 e. The Hall–Kier alpha value is -3.89. The lowest BCUT2D eigenvalue weighted by atomic mass is 10.1. The van der Waals surface area contributed by atoms with E-state index in [9.17, 15) is 4.79 Å². The first-order valence-electron chi connectivity index (χ1n) is 10.4. The maximum atomic E-state index is 12.5. The van der Waals surface area contributed by atoms with Crippen LogP contribution >= 0.6 is 0 Å². The van der Waals surface area contributed by atoms with Crippen LogP contribution in [-0.2, 0) is 4.79 Å². The van der Waals surface area contributed by atoms with Gasteiger partial charge in [0.25, 0.3) is 0 Å². The molecule has 1 aliphatic rings. The van der Waals surface area contributed by atoms with E-state index >= 15 is 0 Å². The van der Waals surface area contributed by atoms with Gasteiger partial charge in [0, 0.05) is 41.4 Å². The maximum absolute atomic E-state index is 12.5. The van der Waals surface area contributed by atoms with E-state index in [1.54, 1.807) is 19.3 Å². The summed E-state index contributed by atoms with van der Waals surface area (Å²) >= 11 is 0. The summed E-state index contributed by atoms with van der Waals surface area (Å²) in [4.78, 5) is 23.5. The van der Waals surface area contributed by atoms with Gasteiger partial charge in [-0.15, -0.1) is 6.42 Å². The fraction of sp³-hybridized carbons (Fsp3) is 0.240. The number of amides is 1. The van der Waals surface area contributed by atoms with Crippen LogP contribution in [0.5, 0.6) is 5.75 Å². The lowest BCUT2D eigenvalue weighted by molar-refractivity contribution is -0.111. The first-order chi connectivity index (χ1) is 15.6. The third-order valence-corrected chi connectivity index (χ3v) is 5.34. The molecule has 1 heterocycles. The molecule has 0 spiro atoms. The van der Waals surface area contributed by atoms with Gasteiger partial charge >= 0.3 is 0 Å². The Balaban J connectivity index is 1.58. The lowest BCUT2D eigenvalue weighted by Crippen LogP contribution is -2.20. The Morgan fingerprint density at radius 3 is 2.91 bits per heavy atom. The summed E-state index contributed by atoms with van der Waals surface area (Å²) in [7, 11) is 3.63. The van der Waals surface area contributed by atoms with Crippen molar-refractivity contribution in [1.29, 1.82) is 0 Å². The zero-order chi connectivity index (χ0) is 22.5. The van der Waals surface area contributed by atoms with Gasteiger partial charge in [-0.25, -0.2) is 9.97 Å². The molecule has 7 nitrogen and oxygen atoms in total. The number of nitrogens with one attached hydrogen (secondary N) is 2. The highest BCUT2D eigenvalue weighted by Gasteiger charge is 2.24. The second kappa shape index (κ2) is 9.50. The summed E-state index contributed by atoms with van der Waals surface area (Å²) in [6.45, 7) is 0.742. The van der Waals surface area contributed by atoms with E-state index in [2.05, 4.69) is 38.5 Å². The molecular weight excluding hydrogens is 402 g/mol. The largest absolute Gasteiger partial charge is 0.494 e. The minimum atomic E-state index is -0.222. The highest BCUT2D eigenvalue weighted by molar-refractivity contribution is 6.03. The van der Waals surface area contributed by atoms with Crippen LogP contribution in [0.4, 0.5) is 17.2 Å². The van der Waals surface area contributed by atoms with E-state index in [1.807, 2.05) is 36.4 Å². The normalized spacial score (nSPS) is 13.3. The van der Waals surface area contributed by atoms with Gasteiger partial charge < -0.3 is 15.4 Å². The van der Waals surface area contributed by atoms with Crippen LogP contribution in [0.2, 0.25) is 0 Å². The van der Waals surface area contributed by atoms with Crippen LogP contribution in [0.15, 0.2) is 54.9 Å². The van der Waals surface area contributed by atoms with Crippen molar-refractivity contribution in [2.75, 3.05) is 31.3 Å². The smallest absolute Gasteiger partial charge is 0.248 e. The minimum absolute atomic E-state index is 0.222. The van der Waals surface area contributed by atoms with Gasteiger partial charge in [-0.2, -0.15) is 0 Å². The van der Waals surface area contributed by atoms with Crippen LogP contribution < -0.4 is 15.4 Å². The quantitative estimate of drug-likeness (QED) is 0.419. The van der Waals surface area contributed by atoms with Crippen molar-refractivity contribution in [2.45, 2.75) is 18.9 Å². The van der Waals surface area contributed by atoms with Crippen LogP contribution in [0.1, 0.15) is 18.4 Å². The van der Waals surface area contributed by atoms with Crippen molar-refractivity contribution >= 4 is 34.0 Å². The lowest BCUT2D eigenvalue weighted by Gasteiger charge is -2.14. The van der Waals surface area contributed by atoms with Crippen molar-refractivity contribution in [3.8, 4) is 18.1 Å². The van der Waals surface area contributed by atoms with E-state index in [0.717, 1.165) is 23.2 Å². The number of likely N-dealkylation sites (N-methyl/N-ethyl adjacent to an activating group) is 1. The van der Waals surface area contributed by atoms with Gasteiger partial charge in [-0.1, -0.05) is 18.1 Å². The first kappa shape index (κ1) is 21.3. The number of carbonyl (C=O) groups is 1. The van der Waals surface area contributed by atoms with Gasteiger partial charge in [-0.05, 0) is 44.2 Å². The summed E-state index contributed by atoms with van der Waals surface area (Å²) in [5.41, 5.74) is 2.80. The van der Waals surface area contributed by atoms with E-state index in [-0.39, 0.29) is 5.91 Å². The summed E-state index contributed by atoms with van der Waals surface area (Å²) in [6, 6.07) is 11.7. The molecule has 1 aliphatic carbocycles. The van der Waals surface area contributed by atoms with Gasteiger partial charge in [0.15, 0.2) is 0 Å². The Morgan fingerprint density at radius 1 is 1.31 bits per heavy atom. The highest BCUT2D eigenvalue weighted by Crippen LogP contribution is 2.33. The highest BCUT2D eigenvalue weighted by atomic mass is 16.5. The second-order valence-corrected chi connectivity index (χ2v) is 7.70. The molecule has 2 N–H and O–H groups in total. The number of nitrogens with zero attached hydrogens (tertiary/aromatic N) is 3. The third kappa shape index (κ3) is 5.05. The number of aromatic nitrogens is 2. The van der Waals surface area contributed by atoms with Crippen LogP contribution in [0.25, 0.3) is 10.9 Å². The van der Waals surface area contributed by atoms with E-state index in [0.29, 0.717) is 28.8 Å². The summed E-state index contributed by atoms with van der Waals surface area (Å²) < 4.78 is 5.48. The first-order valence-corrected chi connectivity index (χ1v) is 10.4. The number of rotatable bonds is 8. The fourth-order valence-electron chi connectivity index (χ4n) is 3.44. The molecule has 0 radical (unpaired) electrons. The predicted molar refractivity (Wildman–Crippen MR) is 127 cm³/mol. The number of fused-ring (bicyclic) bond motifs is 1. The molecule has 7 heteroatoms. The zero-order valence-corrected chi connectivity index (χ0v) is 18.1. The molecule has 1 fully saturated rings. The Morgan fingerprint density at radius 2 is 2.16 bits per heavy atom. The molecular formula is C25H25N5O2. The van der Waals surface area contributed by atoms with Crippen molar-refractivity contribution in [3.05, 3.63) is 60.4 Å². The summed E-state index contributed by atoms with van der Waals surface area (Å²) in [5.74, 6) is 3.52. The molecule has 0 saturated heterocycles. The number of benzene rings is 2. The molecule has 0 atom stereocenters. The predicted octanol–water partition coefficient (Wildman–Crippen LogP) is 3.95. The summed E-state index contributed by atoms with van der Waals surface area (Å²) in [5, 5.41) is 6.93. The van der Waals surface area contributed by atoms with E-state index in [1.165, 1.54) is 19.2 Å². The number of methoxy groups -OCH3 is 1. The van der Waals surface area contributed by atoms with Crippen LogP contribution in [-0.4, -0.2) is 47.5 Å². The second-order valence-electron chi connectivity index (χ2n) is 7.70. The van der Waals surface area contributed by atoms with Gasteiger partial charge in [-0.3, -0.25) is 9.69 Å². The number of anilines is 3. The third-order valence-electron chi connectivity index (χ3n) is 5.34. The van der Waals surface area contributed by atoms with Crippen LogP contribution in [0, 0.1) is 12.3 Å². The molecule has 1 amide bonds. The van der Waals surface area contributed by atoms with E-state index in [4.69, 9.17) is 11.2 Å². The number of hydrogen-bond donors (Lipinski definition) is 2. The zero-order valence-electron chi connectivity index (χ0n) is 18.1. The van der Waals surface area contributed by atoms with Gasteiger partial charge in [0.05, 0.1) is 18.3 Å². The van der Waals surface area contributed by atoms with Gasteiger partial charge in [0.2, 0.25) is 5.91 Å². The number of hydrogen-bond acceptors (Lipinski definition) is 6. The Bertz CT molecular complexity index is 1210. The molecule has 32 heavy (non-hydrogen) atoms. The average molecular weight is 428 g/mol. The van der Waals surface area contributed by atoms with Gasteiger partial charge in [0.1, 0.15) is 17.9 Å². The van der Waals surface area contributed by atoms with Crippen molar-refractivity contribution in [3.63, 3.8) is 0 Å². The summed E-state index contributed by atoms with van der Waals surface area (Å²) in [6.07, 6.45) is 12.9.